The highest BCUT2D eigenvalue weighted by molar-refractivity contribution is 9.13. The Balaban J connectivity index is 1.53. The van der Waals surface area contributed by atoms with Crippen LogP contribution in [0.3, 0.4) is 0 Å². The third kappa shape index (κ3) is 6.12. The molecule has 4 aromatic rings. The molecule has 1 heterocycles. The third-order valence-electron chi connectivity index (χ3n) is 6.79. The topological polar surface area (TPSA) is 65.7 Å². The van der Waals surface area contributed by atoms with Crippen LogP contribution in [0.2, 0.25) is 0 Å². The van der Waals surface area contributed by atoms with Crippen LogP contribution in [0, 0.1) is 5.82 Å². The molecule has 0 aliphatic heterocycles. The molecular formula is C29H25Br3FN3O3. The van der Waals surface area contributed by atoms with Gasteiger partial charge in [0.25, 0.3) is 5.56 Å². The molecule has 0 saturated heterocycles. The number of methoxy groups -OCH3 is 1. The average Bonchev–Trinajstić information content (AvgIpc) is 2.95. The lowest BCUT2D eigenvalue weighted by Gasteiger charge is -2.22. The van der Waals surface area contributed by atoms with E-state index in [4.69, 9.17) is 14.5 Å². The Morgan fingerprint density at radius 3 is 2.51 bits per heavy atom. The molecule has 0 spiro atoms. The smallest absolute Gasteiger partial charge is 0.282 e. The Morgan fingerprint density at radius 1 is 1.05 bits per heavy atom. The molecule has 0 atom stereocenters. The van der Waals surface area contributed by atoms with Crippen LogP contribution in [0.25, 0.3) is 10.9 Å². The molecule has 3 aromatic carbocycles. The first-order chi connectivity index (χ1) is 18.9. The van der Waals surface area contributed by atoms with Crippen molar-refractivity contribution < 1.29 is 13.9 Å². The zero-order valence-corrected chi connectivity index (χ0v) is 25.9. The molecule has 0 amide bonds. The van der Waals surface area contributed by atoms with Crippen LogP contribution in [0.1, 0.15) is 55.0 Å². The van der Waals surface area contributed by atoms with Crippen LogP contribution in [0.5, 0.6) is 11.5 Å². The van der Waals surface area contributed by atoms with Crippen LogP contribution in [0.4, 0.5) is 4.39 Å². The maximum atomic E-state index is 13.6. The fourth-order valence-corrected chi connectivity index (χ4v) is 6.04. The molecule has 1 aliphatic carbocycles. The minimum absolute atomic E-state index is 0.170. The number of hydrogen-bond acceptors (Lipinski definition) is 5. The van der Waals surface area contributed by atoms with Gasteiger partial charge in [-0.1, -0.05) is 47.3 Å². The lowest BCUT2D eigenvalue weighted by Crippen LogP contribution is -2.25. The highest BCUT2D eigenvalue weighted by atomic mass is 79.9. The van der Waals surface area contributed by atoms with E-state index in [1.165, 1.54) is 23.2 Å². The summed E-state index contributed by atoms with van der Waals surface area (Å²) in [6.07, 6.45) is 7.00. The maximum absolute atomic E-state index is 13.6. The minimum atomic E-state index is -0.302. The second-order valence-electron chi connectivity index (χ2n) is 9.37. The van der Waals surface area contributed by atoms with Gasteiger partial charge >= 0.3 is 0 Å². The molecule has 0 bridgehead atoms. The summed E-state index contributed by atoms with van der Waals surface area (Å²) >= 11 is 10.7. The Bertz CT molecular complexity index is 1600. The summed E-state index contributed by atoms with van der Waals surface area (Å²) in [5.41, 5.74) is 1.96. The summed E-state index contributed by atoms with van der Waals surface area (Å²) in [5, 5.41) is 5.16. The van der Waals surface area contributed by atoms with Crippen molar-refractivity contribution in [2.45, 2.75) is 44.6 Å². The first-order valence-corrected chi connectivity index (χ1v) is 14.9. The van der Waals surface area contributed by atoms with Gasteiger partial charge in [0.1, 0.15) is 18.2 Å². The van der Waals surface area contributed by atoms with Gasteiger partial charge in [0.05, 0.1) is 28.7 Å². The van der Waals surface area contributed by atoms with Crippen LogP contribution in [0.15, 0.2) is 71.8 Å². The molecular weight excluding hydrogens is 697 g/mol. The standard InChI is InChI=1S/C29H25Br3FN3O3/c1-38-24-13-19(25(31)26(32)27(24)39-16-17-7-10-21(33)11-8-17)15-34-36-28(18-5-3-2-4-6-18)35-23-12-9-20(30)14-22(23)29(36)37/h7-15,18H,2-6,16H2,1H3. The Labute approximate surface area is 250 Å². The molecule has 0 N–H and O–H groups in total. The monoisotopic (exact) mass is 719 g/mol. The highest BCUT2D eigenvalue weighted by Gasteiger charge is 2.23. The summed E-state index contributed by atoms with van der Waals surface area (Å²) in [6, 6.07) is 13.5. The van der Waals surface area contributed by atoms with Gasteiger partial charge in [-0.2, -0.15) is 9.78 Å². The molecule has 10 heteroatoms. The number of aromatic nitrogens is 2. The first-order valence-electron chi connectivity index (χ1n) is 12.6. The largest absolute Gasteiger partial charge is 0.493 e. The fourth-order valence-electron chi connectivity index (χ4n) is 4.74. The normalized spacial score (nSPS) is 14.3. The maximum Gasteiger partial charge on any atom is 0.282 e. The molecule has 1 aliphatic rings. The zero-order chi connectivity index (χ0) is 27.5. The van der Waals surface area contributed by atoms with Gasteiger partial charge in [-0.15, -0.1) is 0 Å². The van der Waals surface area contributed by atoms with Gasteiger partial charge in [0.15, 0.2) is 11.5 Å². The summed E-state index contributed by atoms with van der Waals surface area (Å²) in [7, 11) is 1.55. The van der Waals surface area contributed by atoms with Crippen molar-refractivity contribution in [3.05, 3.63) is 95.1 Å². The van der Waals surface area contributed by atoms with E-state index in [-0.39, 0.29) is 23.9 Å². The Morgan fingerprint density at radius 2 is 1.79 bits per heavy atom. The van der Waals surface area contributed by atoms with Crippen molar-refractivity contribution in [3.8, 4) is 11.5 Å². The molecule has 0 radical (unpaired) electrons. The van der Waals surface area contributed by atoms with Gasteiger partial charge in [0, 0.05) is 20.4 Å². The lowest BCUT2D eigenvalue weighted by molar-refractivity contribution is 0.282. The molecule has 202 valence electrons. The van der Waals surface area contributed by atoms with Crippen molar-refractivity contribution >= 4 is 64.9 Å². The van der Waals surface area contributed by atoms with Gasteiger partial charge in [-0.05, 0) is 86.7 Å². The molecule has 1 saturated carbocycles. The summed E-state index contributed by atoms with van der Waals surface area (Å²) < 4.78 is 28.5. The highest BCUT2D eigenvalue weighted by Crippen LogP contribution is 2.42. The van der Waals surface area contributed by atoms with Gasteiger partial charge in [-0.3, -0.25) is 4.79 Å². The van der Waals surface area contributed by atoms with Crippen molar-refractivity contribution in [1.29, 1.82) is 0 Å². The zero-order valence-electron chi connectivity index (χ0n) is 21.1. The third-order valence-corrected chi connectivity index (χ3v) is 9.42. The second-order valence-corrected chi connectivity index (χ2v) is 11.9. The van der Waals surface area contributed by atoms with Gasteiger partial charge in [0.2, 0.25) is 0 Å². The van der Waals surface area contributed by atoms with E-state index in [9.17, 15) is 9.18 Å². The van der Waals surface area contributed by atoms with E-state index in [2.05, 4.69) is 52.9 Å². The SMILES string of the molecule is COc1cc(C=Nn2c(C3CCCCC3)nc3ccc(Br)cc3c2=O)c(Br)c(Br)c1OCc1ccc(F)cc1. The van der Waals surface area contributed by atoms with Gasteiger partial charge in [-0.25, -0.2) is 9.37 Å². The van der Waals surface area contributed by atoms with Gasteiger partial charge < -0.3 is 9.47 Å². The predicted octanol–water partition coefficient (Wildman–Crippen LogP) is 8.34. The van der Waals surface area contributed by atoms with Crippen molar-refractivity contribution in [2.75, 3.05) is 7.11 Å². The average molecular weight is 722 g/mol. The summed E-state index contributed by atoms with van der Waals surface area (Å²) in [5.74, 6) is 1.52. The number of benzene rings is 3. The fraction of sp³-hybridized carbons (Fsp3) is 0.276. The van der Waals surface area contributed by atoms with Crippen molar-refractivity contribution in [2.24, 2.45) is 5.10 Å². The predicted molar refractivity (Wildman–Crippen MR) is 162 cm³/mol. The van der Waals surface area contributed by atoms with Crippen molar-refractivity contribution in [3.63, 3.8) is 0 Å². The molecule has 0 unspecified atom stereocenters. The second kappa shape index (κ2) is 12.3. The van der Waals surface area contributed by atoms with E-state index in [1.54, 1.807) is 37.6 Å². The van der Waals surface area contributed by atoms with Crippen LogP contribution in [-0.2, 0) is 6.61 Å². The molecule has 1 aromatic heterocycles. The number of nitrogens with zero attached hydrogens (tertiary/aromatic N) is 3. The summed E-state index contributed by atoms with van der Waals surface area (Å²) in [4.78, 5) is 18.5. The number of fused-ring (bicyclic) bond motifs is 1. The Hall–Kier alpha value is -2.56. The van der Waals surface area contributed by atoms with Crippen molar-refractivity contribution in [1.82, 2.24) is 9.66 Å². The van der Waals surface area contributed by atoms with Crippen LogP contribution < -0.4 is 15.0 Å². The summed E-state index contributed by atoms with van der Waals surface area (Å²) in [6.45, 7) is 0.230. The van der Waals surface area contributed by atoms with E-state index < -0.39 is 0 Å². The number of hydrogen-bond donors (Lipinski definition) is 0. The Kier molecular flexibility index (Phi) is 8.83. The molecule has 6 nitrogen and oxygen atoms in total. The first kappa shape index (κ1) is 28.0. The number of ether oxygens (including phenoxy) is 2. The van der Waals surface area contributed by atoms with E-state index in [1.807, 2.05) is 12.1 Å². The minimum Gasteiger partial charge on any atom is -0.493 e. The van der Waals surface area contributed by atoms with Crippen LogP contribution in [-0.4, -0.2) is 23.0 Å². The molecule has 1 fully saturated rings. The number of rotatable bonds is 7. The molecule has 39 heavy (non-hydrogen) atoms. The number of halogens is 4. The van der Waals surface area contributed by atoms with Crippen LogP contribution >= 0.6 is 47.8 Å². The van der Waals surface area contributed by atoms with E-state index >= 15 is 0 Å². The van der Waals surface area contributed by atoms with E-state index in [0.717, 1.165) is 35.7 Å². The molecule has 5 rings (SSSR count). The van der Waals surface area contributed by atoms with E-state index in [0.29, 0.717) is 42.7 Å². The lowest BCUT2D eigenvalue weighted by atomic mass is 9.88. The quantitative estimate of drug-likeness (QED) is 0.180.